The predicted molar refractivity (Wildman–Crippen MR) is 144 cm³/mol. The van der Waals surface area contributed by atoms with Gasteiger partial charge in [0.05, 0.1) is 17.4 Å². The number of carbonyl (C=O) groups is 1. The number of piperazine rings is 1. The SMILES string of the molecule is CC(=O)N1CCN(c2ncc(-c3ccc4c(=O)n(C)n(Cc5cc(C)ccc5OC(F)F)c4c3)cn2)[C@@H](C)C1. The topological polar surface area (TPSA) is 85.5 Å². The number of ether oxygens (including phenoxy) is 1. The molecule has 39 heavy (non-hydrogen) atoms. The van der Waals surface area contributed by atoms with Crippen molar-refractivity contribution in [2.75, 3.05) is 24.5 Å². The summed E-state index contributed by atoms with van der Waals surface area (Å²) < 4.78 is 34.0. The molecular weight excluding hydrogens is 506 g/mol. The molecule has 0 bridgehead atoms. The summed E-state index contributed by atoms with van der Waals surface area (Å²) in [7, 11) is 1.65. The number of hydrogen-bond acceptors (Lipinski definition) is 6. The van der Waals surface area contributed by atoms with Gasteiger partial charge in [0, 0.05) is 63.2 Å². The zero-order valence-corrected chi connectivity index (χ0v) is 22.3. The molecular formula is C28H30F2N6O3. The molecule has 0 N–H and O–H groups in total. The number of hydrogen-bond donors (Lipinski definition) is 0. The minimum absolute atomic E-state index is 0.0627. The quantitative estimate of drug-likeness (QED) is 0.373. The van der Waals surface area contributed by atoms with E-state index in [-0.39, 0.29) is 29.8 Å². The summed E-state index contributed by atoms with van der Waals surface area (Å²) >= 11 is 0. The van der Waals surface area contributed by atoms with E-state index in [9.17, 15) is 18.4 Å². The van der Waals surface area contributed by atoms with Gasteiger partial charge in [-0.3, -0.25) is 19.0 Å². The van der Waals surface area contributed by atoms with Gasteiger partial charge in [0.1, 0.15) is 5.75 Å². The summed E-state index contributed by atoms with van der Waals surface area (Å²) in [4.78, 5) is 37.8. The summed E-state index contributed by atoms with van der Waals surface area (Å²) in [5.41, 5.74) is 3.49. The van der Waals surface area contributed by atoms with Crippen LogP contribution in [0.3, 0.4) is 0 Å². The van der Waals surface area contributed by atoms with Gasteiger partial charge in [-0.25, -0.2) is 9.97 Å². The fourth-order valence-corrected chi connectivity index (χ4v) is 5.11. The Morgan fingerprint density at radius 1 is 1.10 bits per heavy atom. The highest BCUT2D eigenvalue weighted by molar-refractivity contribution is 5.84. The molecule has 1 atom stereocenters. The highest BCUT2D eigenvalue weighted by atomic mass is 19.3. The third-order valence-corrected chi connectivity index (χ3v) is 7.22. The molecule has 1 amide bonds. The first kappa shape index (κ1) is 26.3. The summed E-state index contributed by atoms with van der Waals surface area (Å²) in [6.45, 7) is 4.60. The number of anilines is 1. The monoisotopic (exact) mass is 536 g/mol. The molecule has 2 aromatic carbocycles. The van der Waals surface area contributed by atoms with Crippen LogP contribution in [0.4, 0.5) is 14.7 Å². The zero-order chi connectivity index (χ0) is 27.8. The highest BCUT2D eigenvalue weighted by Gasteiger charge is 2.26. The summed E-state index contributed by atoms with van der Waals surface area (Å²) in [6.07, 6.45) is 3.49. The molecule has 0 radical (unpaired) electrons. The van der Waals surface area contributed by atoms with Crippen LogP contribution in [-0.2, 0) is 18.4 Å². The third kappa shape index (κ3) is 5.21. The molecule has 0 unspecified atom stereocenters. The summed E-state index contributed by atoms with van der Waals surface area (Å²) in [5.74, 6) is 0.731. The second-order valence-electron chi connectivity index (χ2n) is 9.89. The van der Waals surface area contributed by atoms with E-state index in [1.165, 1.54) is 10.7 Å². The van der Waals surface area contributed by atoms with Gasteiger partial charge in [0.25, 0.3) is 5.56 Å². The van der Waals surface area contributed by atoms with Gasteiger partial charge < -0.3 is 14.5 Å². The van der Waals surface area contributed by atoms with E-state index in [4.69, 9.17) is 4.74 Å². The van der Waals surface area contributed by atoms with Crippen LogP contribution in [-0.4, -0.2) is 62.4 Å². The van der Waals surface area contributed by atoms with E-state index in [2.05, 4.69) is 14.9 Å². The molecule has 204 valence electrons. The van der Waals surface area contributed by atoms with Gasteiger partial charge >= 0.3 is 6.61 Å². The van der Waals surface area contributed by atoms with Crippen molar-refractivity contribution >= 4 is 22.8 Å². The molecule has 0 spiro atoms. The van der Waals surface area contributed by atoms with Gasteiger partial charge in [-0.05, 0) is 37.6 Å². The van der Waals surface area contributed by atoms with Gasteiger partial charge in [-0.15, -0.1) is 0 Å². The van der Waals surface area contributed by atoms with Crippen molar-refractivity contribution in [3.63, 3.8) is 0 Å². The molecule has 3 heterocycles. The predicted octanol–water partition coefficient (Wildman–Crippen LogP) is 3.81. The Morgan fingerprint density at radius 3 is 2.51 bits per heavy atom. The number of amides is 1. The van der Waals surface area contributed by atoms with E-state index >= 15 is 0 Å². The average Bonchev–Trinajstić information content (AvgIpc) is 3.14. The van der Waals surface area contributed by atoms with Crippen molar-refractivity contribution in [3.05, 3.63) is 70.3 Å². The Morgan fingerprint density at radius 2 is 1.85 bits per heavy atom. The smallest absolute Gasteiger partial charge is 0.387 e. The van der Waals surface area contributed by atoms with Gasteiger partial charge in [0.15, 0.2) is 0 Å². The molecule has 9 nitrogen and oxygen atoms in total. The molecule has 11 heteroatoms. The van der Waals surface area contributed by atoms with E-state index < -0.39 is 6.61 Å². The van der Waals surface area contributed by atoms with Crippen molar-refractivity contribution < 1.29 is 18.3 Å². The van der Waals surface area contributed by atoms with Crippen LogP contribution in [0.5, 0.6) is 5.75 Å². The Kier molecular flexibility index (Phi) is 7.07. The van der Waals surface area contributed by atoms with Crippen molar-refractivity contribution in [2.45, 2.75) is 40.0 Å². The fourth-order valence-electron chi connectivity index (χ4n) is 5.11. The van der Waals surface area contributed by atoms with Gasteiger partial charge in [-0.2, -0.15) is 8.78 Å². The van der Waals surface area contributed by atoms with Gasteiger partial charge in [-0.1, -0.05) is 23.8 Å². The lowest BCUT2D eigenvalue weighted by Gasteiger charge is -2.39. The summed E-state index contributed by atoms with van der Waals surface area (Å²) in [6, 6.07) is 10.6. The number of nitrogens with zero attached hydrogens (tertiary/aromatic N) is 6. The number of benzene rings is 2. The highest BCUT2D eigenvalue weighted by Crippen LogP contribution is 2.27. The maximum atomic E-state index is 13.0. The maximum Gasteiger partial charge on any atom is 0.387 e. The Bertz CT molecular complexity index is 1580. The Balaban J connectivity index is 1.46. The summed E-state index contributed by atoms with van der Waals surface area (Å²) in [5, 5.41) is 0.514. The lowest BCUT2D eigenvalue weighted by Crippen LogP contribution is -2.53. The van der Waals surface area contributed by atoms with Crippen LogP contribution in [0.1, 0.15) is 25.0 Å². The minimum atomic E-state index is -2.95. The van der Waals surface area contributed by atoms with E-state index in [1.807, 2.05) is 30.9 Å². The van der Waals surface area contributed by atoms with Crippen LogP contribution in [0, 0.1) is 6.92 Å². The van der Waals surface area contributed by atoms with Crippen LogP contribution in [0.15, 0.2) is 53.6 Å². The number of aromatic nitrogens is 4. The first-order valence-electron chi connectivity index (χ1n) is 12.7. The van der Waals surface area contributed by atoms with Crippen LogP contribution < -0.4 is 15.2 Å². The first-order valence-corrected chi connectivity index (χ1v) is 12.7. The zero-order valence-electron chi connectivity index (χ0n) is 22.3. The second kappa shape index (κ2) is 10.5. The van der Waals surface area contributed by atoms with E-state index in [0.717, 1.165) is 16.7 Å². The number of carbonyl (C=O) groups excluding carboxylic acids is 1. The average molecular weight is 537 g/mol. The Hall–Kier alpha value is -4.28. The van der Waals surface area contributed by atoms with Crippen LogP contribution in [0.2, 0.25) is 0 Å². The first-order chi connectivity index (χ1) is 18.6. The van der Waals surface area contributed by atoms with Crippen LogP contribution >= 0.6 is 0 Å². The van der Waals surface area contributed by atoms with Crippen molar-refractivity contribution in [2.24, 2.45) is 7.05 Å². The number of fused-ring (bicyclic) bond motifs is 1. The fraction of sp³-hybridized carbons (Fsp3) is 0.357. The number of aryl methyl sites for hydroxylation is 1. The largest absolute Gasteiger partial charge is 0.434 e. The molecule has 4 aromatic rings. The molecule has 1 saturated heterocycles. The molecule has 0 aliphatic carbocycles. The maximum absolute atomic E-state index is 13.0. The van der Waals surface area contributed by atoms with E-state index in [1.54, 1.807) is 49.2 Å². The second-order valence-corrected chi connectivity index (χ2v) is 9.89. The minimum Gasteiger partial charge on any atom is -0.434 e. The molecule has 0 saturated carbocycles. The molecule has 1 fully saturated rings. The van der Waals surface area contributed by atoms with Crippen molar-refractivity contribution in [3.8, 4) is 16.9 Å². The third-order valence-electron chi connectivity index (χ3n) is 7.22. The number of rotatable bonds is 6. The molecule has 1 aliphatic rings. The normalized spacial score (nSPS) is 15.8. The molecule has 5 rings (SSSR count). The molecule has 1 aliphatic heterocycles. The van der Waals surface area contributed by atoms with E-state index in [0.29, 0.717) is 42.0 Å². The number of halogens is 2. The Labute approximate surface area is 224 Å². The van der Waals surface area contributed by atoms with Crippen LogP contribution in [0.25, 0.3) is 22.0 Å². The lowest BCUT2D eigenvalue weighted by atomic mass is 10.1. The van der Waals surface area contributed by atoms with Crippen molar-refractivity contribution in [1.82, 2.24) is 24.2 Å². The lowest BCUT2D eigenvalue weighted by molar-refractivity contribution is -0.129. The van der Waals surface area contributed by atoms with Crippen molar-refractivity contribution in [1.29, 1.82) is 0 Å². The van der Waals surface area contributed by atoms with Gasteiger partial charge in [0.2, 0.25) is 11.9 Å². The number of alkyl halides is 2. The standard InChI is InChI=1S/C28H30F2N6O3/c1-17-5-8-25(39-27(29)30)21(11-17)16-36-24-12-20(6-7-23(24)26(38)33(36)4)22-13-31-28(32-14-22)35-10-9-34(19(3)37)15-18(35)2/h5-8,11-14,18,27H,9-10,15-16H2,1-4H3/t18-/m0/s1. The molecule has 2 aromatic heterocycles.